The molecule has 30 heavy (non-hydrogen) atoms. The standard InChI is InChI=1S/C19H11BrF3N5O2/c20-15-12(7-4-8-14(15)30-19(21,22)23)10-25-28-18-26-16(11-5-2-1-3-6-11)13(9-24)17(29)27-18/h1-8,10H,(H2,26,27,28,29). The third kappa shape index (κ3) is 5.03. The Labute approximate surface area is 176 Å². The molecule has 2 aromatic carbocycles. The molecular weight excluding hydrogens is 467 g/mol. The number of aromatic nitrogens is 2. The number of hydrogen-bond donors (Lipinski definition) is 2. The Balaban J connectivity index is 1.87. The highest BCUT2D eigenvalue weighted by Gasteiger charge is 2.32. The maximum absolute atomic E-state index is 12.4. The first-order valence-corrected chi connectivity index (χ1v) is 9.01. The lowest BCUT2D eigenvalue weighted by Crippen LogP contribution is -2.17. The summed E-state index contributed by atoms with van der Waals surface area (Å²) in [6.45, 7) is 0. The van der Waals surface area contributed by atoms with Gasteiger partial charge in [-0.15, -0.1) is 13.2 Å². The van der Waals surface area contributed by atoms with E-state index in [2.05, 4.69) is 41.2 Å². The zero-order valence-corrected chi connectivity index (χ0v) is 16.5. The normalized spacial score (nSPS) is 11.3. The van der Waals surface area contributed by atoms with Crippen molar-refractivity contribution < 1.29 is 17.9 Å². The van der Waals surface area contributed by atoms with Crippen LogP contribution >= 0.6 is 15.9 Å². The number of hydrogen-bond acceptors (Lipinski definition) is 6. The zero-order valence-electron chi connectivity index (χ0n) is 14.9. The Morgan fingerprint density at radius 2 is 1.93 bits per heavy atom. The van der Waals surface area contributed by atoms with E-state index in [4.69, 9.17) is 0 Å². The van der Waals surface area contributed by atoms with Crippen LogP contribution in [0.4, 0.5) is 19.1 Å². The van der Waals surface area contributed by atoms with Crippen LogP contribution in [-0.2, 0) is 0 Å². The molecule has 0 saturated carbocycles. The van der Waals surface area contributed by atoms with Gasteiger partial charge in [0.25, 0.3) is 5.56 Å². The van der Waals surface area contributed by atoms with E-state index in [1.807, 2.05) is 6.07 Å². The average molecular weight is 478 g/mol. The minimum absolute atomic E-state index is 0.0409. The molecule has 7 nitrogen and oxygen atoms in total. The molecule has 0 aliphatic carbocycles. The van der Waals surface area contributed by atoms with Crippen LogP contribution in [0.5, 0.6) is 5.75 Å². The van der Waals surface area contributed by atoms with E-state index in [-0.39, 0.29) is 27.2 Å². The summed E-state index contributed by atoms with van der Waals surface area (Å²) in [6.07, 6.45) is -3.62. The number of ether oxygens (including phenoxy) is 1. The highest BCUT2D eigenvalue weighted by molar-refractivity contribution is 9.10. The maximum atomic E-state index is 12.4. The summed E-state index contributed by atoms with van der Waals surface area (Å²) in [6, 6.07) is 14.5. The molecule has 11 heteroatoms. The third-order valence-corrected chi connectivity index (χ3v) is 4.52. The topological polar surface area (TPSA) is 103 Å². The Morgan fingerprint density at radius 3 is 2.60 bits per heavy atom. The van der Waals surface area contributed by atoms with E-state index in [1.54, 1.807) is 30.3 Å². The Morgan fingerprint density at radius 1 is 1.20 bits per heavy atom. The lowest BCUT2D eigenvalue weighted by molar-refractivity contribution is -0.274. The van der Waals surface area contributed by atoms with Gasteiger partial charge in [0.2, 0.25) is 5.95 Å². The summed E-state index contributed by atoms with van der Waals surface area (Å²) < 4.78 is 41.3. The molecule has 0 aliphatic heterocycles. The van der Waals surface area contributed by atoms with Crippen molar-refractivity contribution in [2.75, 3.05) is 5.43 Å². The van der Waals surface area contributed by atoms with E-state index >= 15 is 0 Å². The molecule has 2 N–H and O–H groups in total. The summed E-state index contributed by atoms with van der Waals surface area (Å²) in [5.74, 6) is -0.476. The summed E-state index contributed by atoms with van der Waals surface area (Å²) in [5.41, 5.74) is 2.69. The summed E-state index contributed by atoms with van der Waals surface area (Å²) >= 11 is 3.04. The van der Waals surface area contributed by atoms with E-state index in [0.29, 0.717) is 5.56 Å². The molecule has 1 aromatic heterocycles. The van der Waals surface area contributed by atoms with Gasteiger partial charge in [-0.3, -0.25) is 9.78 Å². The van der Waals surface area contributed by atoms with Crippen molar-refractivity contribution >= 4 is 28.1 Å². The first-order chi connectivity index (χ1) is 14.3. The van der Waals surface area contributed by atoms with Crippen LogP contribution < -0.4 is 15.7 Å². The Hall–Kier alpha value is -3.65. The molecule has 0 saturated heterocycles. The summed E-state index contributed by atoms with van der Waals surface area (Å²) in [5, 5.41) is 13.1. The van der Waals surface area contributed by atoms with Gasteiger partial charge in [0.15, 0.2) is 0 Å². The first-order valence-electron chi connectivity index (χ1n) is 8.21. The molecule has 152 valence electrons. The molecule has 1 heterocycles. The van der Waals surface area contributed by atoms with Gasteiger partial charge in [0.1, 0.15) is 17.4 Å². The lowest BCUT2D eigenvalue weighted by atomic mass is 10.1. The summed E-state index contributed by atoms with van der Waals surface area (Å²) in [7, 11) is 0. The molecular formula is C19H11BrF3N5O2. The third-order valence-electron chi connectivity index (χ3n) is 3.67. The number of aromatic amines is 1. The molecule has 0 spiro atoms. The Bertz CT molecular complexity index is 1190. The van der Waals surface area contributed by atoms with Crippen molar-refractivity contribution in [2.45, 2.75) is 6.36 Å². The van der Waals surface area contributed by atoms with Crippen LogP contribution in [0.1, 0.15) is 11.1 Å². The molecule has 0 unspecified atom stereocenters. The second-order valence-electron chi connectivity index (χ2n) is 5.69. The van der Waals surface area contributed by atoms with E-state index in [0.717, 1.165) is 6.07 Å². The maximum Gasteiger partial charge on any atom is 0.573 e. The number of benzene rings is 2. The average Bonchev–Trinajstić information content (AvgIpc) is 2.70. The van der Waals surface area contributed by atoms with Gasteiger partial charge in [0, 0.05) is 11.1 Å². The van der Waals surface area contributed by atoms with E-state index < -0.39 is 17.7 Å². The van der Waals surface area contributed by atoms with Gasteiger partial charge in [-0.25, -0.2) is 10.4 Å². The van der Waals surface area contributed by atoms with Crippen molar-refractivity contribution in [3.8, 4) is 23.1 Å². The predicted octanol–water partition coefficient (Wildman–Crippen LogP) is 4.42. The summed E-state index contributed by atoms with van der Waals surface area (Å²) in [4.78, 5) is 18.8. The van der Waals surface area contributed by atoms with E-state index in [9.17, 15) is 23.2 Å². The van der Waals surface area contributed by atoms with Gasteiger partial charge < -0.3 is 4.74 Å². The first kappa shape index (κ1) is 21.1. The van der Waals surface area contributed by atoms with Gasteiger partial charge in [-0.2, -0.15) is 10.4 Å². The fourth-order valence-electron chi connectivity index (χ4n) is 2.43. The monoisotopic (exact) mass is 477 g/mol. The number of rotatable bonds is 5. The Kier molecular flexibility index (Phi) is 6.17. The number of anilines is 1. The highest BCUT2D eigenvalue weighted by atomic mass is 79.9. The number of nitriles is 1. The van der Waals surface area contributed by atoms with Crippen molar-refractivity contribution in [1.82, 2.24) is 9.97 Å². The number of nitrogens with zero attached hydrogens (tertiary/aromatic N) is 3. The van der Waals surface area contributed by atoms with Gasteiger partial charge in [-0.05, 0) is 22.0 Å². The number of halogens is 4. The van der Waals surface area contributed by atoms with Crippen LogP contribution in [-0.4, -0.2) is 22.5 Å². The second-order valence-corrected chi connectivity index (χ2v) is 6.49. The van der Waals surface area contributed by atoms with Crippen LogP contribution in [0, 0.1) is 11.3 Å². The number of alkyl halides is 3. The molecule has 3 aromatic rings. The second kappa shape index (κ2) is 8.79. The van der Waals surface area contributed by atoms with Gasteiger partial charge in [-0.1, -0.05) is 42.5 Å². The molecule has 0 amide bonds. The largest absolute Gasteiger partial charge is 0.573 e. The number of H-pyrrole nitrogens is 1. The highest BCUT2D eigenvalue weighted by Crippen LogP contribution is 2.32. The van der Waals surface area contributed by atoms with Crippen LogP contribution in [0.3, 0.4) is 0 Å². The van der Waals surface area contributed by atoms with Gasteiger partial charge >= 0.3 is 6.36 Å². The van der Waals surface area contributed by atoms with Crippen LogP contribution in [0.15, 0.2) is 62.9 Å². The minimum atomic E-state index is -4.84. The predicted molar refractivity (Wildman–Crippen MR) is 107 cm³/mol. The smallest absolute Gasteiger partial charge is 0.405 e. The number of nitrogens with one attached hydrogen (secondary N) is 2. The van der Waals surface area contributed by atoms with Gasteiger partial charge in [0.05, 0.1) is 16.4 Å². The SMILES string of the molecule is N#Cc1c(-c2ccccc2)nc(NN=Cc2cccc(OC(F)(F)F)c2Br)[nH]c1=O. The van der Waals surface area contributed by atoms with Crippen molar-refractivity contribution in [3.05, 3.63) is 74.5 Å². The molecule has 0 fully saturated rings. The molecule has 0 radical (unpaired) electrons. The molecule has 0 atom stereocenters. The fraction of sp³-hybridized carbons (Fsp3) is 0.0526. The molecule has 0 bridgehead atoms. The van der Waals surface area contributed by atoms with Crippen molar-refractivity contribution in [2.24, 2.45) is 5.10 Å². The van der Waals surface area contributed by atoms with Crippen molar-refractivity contribution in [3.63, 3.8) is 0 Å². The van der Waals surface area contributed by atoms with E-state index in [1.165, 1.54) is 18.3 Å². The van der Waals surface area contributed by atoms with Crippen molar-refractivity contribution in [1.29, 1.82) is 5.26 Å². The van der Waals surface area contributed by atoms with Crippen LogP contribution in [0.25, 0.3) is 11.3 Å². The number of hydrazone groups is 1. The van der Waals surface area contributed by atoms with Crippen LogP contribution in [0.2, 0.25) is 0 Å². The quantitative estimate of drug-likeness (QED) is 0.418. The molecule has 0 aliphatic rings. The molecule has 3 rings (SSSR count). The lowest BCUT2D eigenvalue weighted by Gasteiger charge is -2.11. The zero-order chi connectivity index (χ0) is 21.7. The minimum Gasteiger partial charge on any atom is -0.405 e. The fourth-order valence-corrected chi connectivity index (χ4v) is 2.88.